The lowest BCUT2D eigenvalue weighted by atomic mass is 10.1. The van der Waals surface area contributed by atoms with Gasteiger partial charge in [-0.05, 0) is 51.4 Å². The minimum Gasteiger partial charge on any atom is -0.428 e. The summed E-state index contributed by atoms with van der Waals surface area (Å²) in [4.78, 5) is 11.4. The predicted octanol–water partition coefficient (Wildman–Crippen LogP) is 2.50. The van der Waals surface area contributed by atoms with Crippen molar-refractivity contribution < 1.29 is 14.3 Å². The Hall–Kier alpha value is -1.55. The Morgan fingerprint density at radius 3 is 2.29 bits per heavy atom. The summed E-state index contributed by atoms with van der Waals surface area (Å²) in [6, 6.07) is 7.23. The maximum absolute atomic E-state index is 11.4. The molecule has 0 aliphatic heterocycles. The molecule has 0 spiro atoms. The molecule has 0 aliphatic rings. The first-order chi connectivity index (χ1) is 7.90. The van der Waals surface area contributed by atoms with Gasteiger partial charge in [-0.3, -0.25) is 0 Å². The second-order valence-corrected chi connectivity index (χ2v) is 4.75. The van der Waals surface area contributed by atoms with Crippen molar-refractivity contribution in [3.63, 3.8) is 0 Å². The van der Waals surface area contributed by atoms with Crippen molar-refractivity contribution in [3.05, 3.63) is 29.8 Å². The van der Waals surface area contributed by atoms with E-state index in [1.165, 1.54) is 0 Å². The molecule has 0 heterocycles. The van der Waals surface area contributed by atoms with Crippen LogP contribution in [0.4, 0.5) is 4.79 Å². The zero-order valence-corrected chi connectivity index (χ0v) is 10.5. The van der Waals surface area contributed by atoms with Crippen LogP contribution in [0.2, 0.25) is 0 Å². The molecule has 0 aromatic heterocycles. The molecule has 0 saturated carbocycles. The summed E-state index contributed by atoms with van der Waals surface area (Å²) < 4.78 is 10.1. The fourth-order valence-electron chi connectivity index (χ4n) is 1.26. The molecule has 0 unspecified atom stereocenters. The highest BCUT2D eigenvalue weighted by Gasteiger charge is 2.17. The van der Waals surface area contributed by atoms with Gasteiger partial charge in [0, 0.05) is 0 Å². The fourth-order valence-corrected chi connectivity index (χ4v) is 1.26. The van der Waals surface area contributed by atoms with Crippen LogP contribution in [0.15, 0.2) is 24.3 Å². The Kier molecular flexibility index (Phi) is 4.52. The largest absolute Gasteiger partial charge is 0.514 e. The van der Waals surface area contributed by atoms with Gasteiger partial charge in [-0.15, -0.1) is 0 Å². The number of hydrogen-bond acceptors (Lipinski definition) is 4. The average Bonchev–Trinajstić information content (AvgIpc) is 2.18. The lowest BCUT2D eigenvalue weighted by Crippen LogP contribution is -2.25. The van der Waals surface area contributed by atoms with E-state index in [9.17, 15) is 4.79 Å². The van der Waals surface area contributed by atoms with Gasteiger partial charge in [0.15, 0.2) is 0 Å². The van der Waals surface area contributed by atoms with Crippen LogP contribution in [0.25, 0.3) is 0 Å². The smallest absolute Gasteiger partial charge is 0.428 e. The standard InChI is InChI=1S/C13H19NO3/c1-13(2,3)17-12(15)16-11-6-4-10(5-7-11)8-9-14/h4-7H,8-9,14H2,1-3H3. The molecule has 0 aliphatic carbocycles. The molecule has 4 heteroatoms. The Balaban J connectivity index is 2.54. The number of nitrogens with two attached hydrogens (primary N) is 1. The highest BCUT2D eigenvalue weighted by atomic mass is 16.7. The summed E-state index contributed by atoms with van der Waals surface area (Å²) in [7, 11) is 0. The Labute approximate surface area is 102 Å². The van der Waals surface area contributed by atoms with Gasteiger partial charge in [0.05, 0.1) is 0 Å². The third-order valence-corrected chi connectivity index (χ3v) is 1.95. The van der Waals surface area contributed by atoms with E-state index in [0.717, 1.165) is 12.0 Å². The molecule has 0 fully saturated rings. The van der Waals surface area contributed by atoms with Crippen molar-refractivity contribution in [1.82, 2.24) is 0 Å². The molecular formula is C13H19NO3. The molecule has 94 valence electrons. The van der Waals surface area contributed by atoms with Crippen molar-refractivity contribution in [1.29, 1.82) is 0 Å². The van der Waals surface area contributed by atoms with Gasteiger partial charge in [0.25, 0.3) is 0 Å². The third-order valence-electron chi connectivity index (χ3n) is 1.95. The van der Waals surface area contributed by atoms with Crippen LogP contribution in [-0.4, -0.2) is 18.3 Å². The minimum atomic E-state index is -0.691. The first kappa shape index (κ1) is 13.5. The van der Waals surface area contributed by atoms with Crippen LogP contribution in [0.3, 0.4) is 0 Å². The predicted molar refractivity (Wildman–Crippen MR) is 66.1 cm³/mol. The normalized spacial score (nSPS) is 11.1. The fraction of sp³-hybridized carbons (Fsp3) is 0.462. The van der Waals surface area contributed by atoms with Gasteiger partial charge in [0.1, 0.15) is 11.4 Å². The summed E-state index contributed by atoms with van der Waals surface area (Å²) in [6.45, 7) is 5.97. The molecule has 1 rings (SSSR count). The highest BCUT2D eigenvalue weighted by Crippen LogP contribution is 2.15. The quantitative estimate of drug-likeness (QED) is 0.648. The van der Waals surface area contributed by atoms with Gasteiger partial charge < -0.3 is 15.2 Å². The Morgan fingerprint density at radius 1 is 1.24 bits per heavy atom. The van der Waals surface area contributed by atoms with Crippen molar-refractivity contribution in [2.75, 3.05) is 6.54 Å². The van der Waals surface area contributed by atoms with E-state index in [1.54, 1.807) is 32.9 Å². The summed E-state index contributed by atoms with van der Waals surface area (Å²) in [6.07, 6.45) is 0.122. The van der Waals surface area contributed by atoms with Crippen LogP contribution in [0.1, 0.15) is 26.3 Å². The van der Waals surface area contributed by atoms with Crippen LogP contribution < -0.4 is 10.5 Å². The van der Waals surface area contributed by atoms with E-state index in [-0.39, 0.29) is 0 Å². The van der Waals surface area contributed by atoms with E-state index in [0.29, 0.717) is 12.3 Å². The second-order valence-electron chi connectivity index (χ2n) is 4.75. The zero-order valence-electron chi connectivity index (χ0n) is 10.5. The number of carbonyl (C=O) groups excluding carboxylic acids is 1. The lowest BCUT2D eigenvalue weighted by Gasteiger charge is -2.18. The van der Waals surface area contributed by atoms with Gasteiger partial charge in [-0.2, -0.15) is 0 Å². The number of benzene rings is 1. The average molecular weight is 237 g/mol. The van der Waals surface area contributed by atoms with E-state index < -0.39 is 11.8 Å². The number of rotatable bonds is 3. The van der Waals surface area contributed by atoms with E-state index in [4.69, 9.17) is 15.2 Å². The SMILES string of the molecule is CC(C)(C)OC(=O)Oc1ccc(CCN)cc1. The Morgan fingerprint density at radius 2 is 1.82 bits per heavy atom. The van der Waals surface area contributed by atoms with Crippen molar-refractivity contribution in [2.45, 2.75) is 32.8 Å². The molecule has 2 N–H and O–H groups in total. The summed E-state index contributed by atoms with van der Waals surface area (Å²) in [5.74, 6) is 0.472. The second kappa shape index (κ2) is 5.68. The molecule has 0 radical (unpaired) electrons. The van der Waals surface area contributed by atoms with Gasteiger partial charge >= 0.3 is 6.16 Å². The molecule has 0 saturated heterocycles. The molecule has 0 bridgehead atoms. The summed E-state index contributed by atoms with van der Waals surface area (Å²) >= 11 is 0. The zero-order chi connectivity index (χ0) is 12.9. The van der Waals surface area contributed by atoms with E-state index in [2.05, 4.69) is 0 Å². The summed E-state index contributed by atoms with van der Waals surface area (Å²) in [5.41, 5.74) is 6.01. The van der Waals surface area contributed by atoms with Gasteiger partial charge in [0.2, 0.25) is 0 Å². The van der Waals surface area contributed by atoms with Gasteiger partial charge in [-0.1, -0.05) is 12.1 Å². The summed E-state index contributed by atoms with van der Waals surface area (Å²) in [5, 5.41) is 0. The molecule has 0 amide bonds. The Bertz CT molecular complexity index is 365. The molecule has 4 nitrogen and oxygen atoms in total. The minimum absolute atomic E-state index is 0.472. The number of hydrogen-bond donors (Lipinski definition) is 1. The van der Waals surface area contributed by atoms with E-state index in [1.807, 2.05) is 12.1 Å². The molecule has 0 atom stereocenters. The van der Waals surface area contributed by atoms with Crippen LogP contribution >= 0.6 is 0 Å². The molecule has 1 aromatic carbocycles. The van der Waals surface area contributed by atoms with Crippen molar-refractivity contribution in [2.24, 2.45) is 5.73 Å². The first-order valence-electron chi connectivity index (χ1n) is 5.60. The number of ether oxygens (including phenoxy) is 2. The maximum atomic E-state index is 11.4. The highest BCUT2D eigenvalue weighted by molar-refractivity contribution is 5.64. The van der Waals surface area contributed by atoms with Crippen LogP contribution in [-0.2, 0) is 11.2 Å². The monoisotopic (exact) mass is 237 g/mol. The topological polar surface area (TPSA) is 61.5 Å². The lowest BCUT2D eigenvalue weighted by molar-refractivity contribution is 0.0206. The molecule has 1 aromatic rings. The van der Waals surface area contributed by atoms with Gasteiger partial charge in [-0.25, -0.2) is 4.79 Å². The van der Waals surface area contributed by atoms with Crippen molar-refractivity contribution in [3.8, 4) is 5.75 Å². The van der Waals surface area contributed by atoms with E-state index >= 15 is 0 Å². The number of carbonyl (C=O) groups is 1. The third kappa shape index (κ3) is 5.36. The van der Waals surface area contributed by atoms with Crippen molar-refractivity contribution >= 4 is 6.16 Å². The maximum Gasteiger partial charge on any atom is 0.514 e. The van der Waals surface area contributed by atoms with Crippen LogP contribution in [0, 0.1) is 0 Å². The van der Waals surface area contributed by atoms with Crippen LogP contribution in [0.5, 0.6) is 5.75 Å². The molecular weight excluding hydrogens is 218 g/mol. The first-order valence-corrected chi connectivity index (χ1v) is 5.60. The molecule has 17 heavy (non-hydrogen) atoms.